The zero-order valence-electron chi connectivity index (χ0n) is 7.83. The highest BCUT2D eigenvalue weighted by atomic mass is 14.9. The van der Waals surface area contributed by atoms with Crippen molar-refractivity contribution in [1.82, 2.24) is 0 Å². The lowest BCUT2D eigenvalue weighted by Gasteiger charge is -2.16. The Morgan fingerprint density at radius 2 is 2.23 bits per heavy atom. The number of benzene rings is 1. The topological polar surface area (TPSA) is 24.4 Å². The molecule has 1 aliphatic rings. The Kier molecular flexibility index (Phi) is 2.30. The molecule has 1 atom stereocenters. The van der Waals surface area contributed by atoms with Crippen molar-refractivity contribution in [3.05, 3.63) is 29.8 Å². The Labute approximate surface area is 78.7 Å². The van der Waals surface area contributed by atoms with Crippen LogP contribution in [0.5, 0.6) is 0 Å². The van der Waals surface area contributed by atoms with Crippen molar-refractivity contribution >= 4 is 11.9 Å². The summed E-state index contributed by atoms with van der Waals surface area (Å²) < 4.78 is 0. The van der Waals surface area contributed by atoms with Crippen molar-refractivity contribution in [3.8, 4) is 0 Å². The summed E-state index contributed by atoms with van der Waals surface area (Å²) in [6.07, 6.45) is 2.04. The van der Waals surface area contributed by atoms with Crippen LogP contribution < -0.4 is 5.32 Å². The zero-order valence-corrected chi connectivity index (χ0v) is 7.83. The van der Waals surface area contributed by atoms with Gasteiger partial charge in [-0.15, -0.1) is 0 Å². The van der Waals surface area contributed by atoms with Crippen LogP contribution in [0.25, 0.3) is 0 Å². The number of rotatable bonds is 0. The van der Waals surface area contributed by atoms with Crippen molar-refractivity contribution in [2.45, 2.75) is 12.8 Å². The van der Waals surface area contributed by atoms with Gasteiger partial charge in [-0.2, -0.15) is 0 Å². The van der Waals surface area contributed by atoms with E-state index >= 15 is 0 Å². The average molecular weight is 174 g/mol. The summed E-state index contributed by atoms with van der Waals surface area (Å²) in [7, 11) is 0. The van der Waals surface area contributed by atoms with E-state index in [0.717, 1.165) is 13.1 Å². The van der Waals surface area contributed by atoms with Crippen LogP contribution in [0.1, 0.15) is 18.4 Å². The number of hydrogen-bond donors (Lipinski definition) is 1. The van der Waals surface area contributed by atoms with Gasteiger partial charge < -0.3 is 5.32 Å². The largest absolute Gasteiger partial charge is 0.383 e. The summed E-state index contributed by atoms with van der Waals surface area (Å²) in [4.78, 5) is 4.32. The standard InChI is InChI=1S/C11H14N2/c1-9-8-12-6-7-13-11-5-3-2-4-10(9)11/h2-5,8-9,13H,6-7H2,1H3. The van der Waals surface area contributed by atoms with Crippen molar-refractivity contribution in [3.63, 3.8) is 0 Å². The highest BCUT2D eigenvalue weighted by molar-refractivity contribution is 5.72. The minimum absolute atomic E-state index is 0.420. The van der Waals surface area contributed by atoms with E-state index in [9.17, 15) is 0 Å². The molecule has 1 N–H and O–H groups in total. The molecule has 0 bridgehead atoms. The Morgan fingerprint density at radius 3 is 3.15 bits per heavy atom. The molecular formula is C11H14N2. The van der Waals surface area contributed by atoms with Crippen LogP contribution in [-0.4, -0.2) is 19.3 Å². The lowest BCUT2D eigenvalue weighted by Crippen LogP contribution is -2.12. The SMILES string of the molecule is CC1C=NCCNc2ccccc21. The zero-order chi connectivity index (χ0) is 9.10. The van der Waals surface area contributed by atoms with Gasteiger partial charge in [-0.1, -0.05) is 25.1 Å². The molecule has 68 valence electrons. The van der Waals surface area contributed by atoms with Crippen LogP contribution in [0.4, 0.5) is 5.69 Å². The first-order valence-corrected chi connectivity index (χ1v) is 4.70. The summed E-state index contributed by atoms with van der Waals surface area (Å²) >= 11 is 0. The van der Waals surface area contributed by atoms with Gasteiger partial charge in [-0.05, 0) is 11.6 Å². The Hall–Kier alpha value is -1.31. The van der Waals surface area contributed by atoms with Crippen LogP contribution in [0.15, 0.2) is 29.3 Å². The maximum atomic E-state index is 4.32. The summed E-state index contributed by atoms with van der Waals surface area (Å²) in [6.45, 7) is 3.98. The van der Waals surface area contributed by atoms with E-state index < -0.39 is 0 Å². The summed E-state index contributed by atoms with van der Waals surface area (Å²) in [6, 6.07) is 8.43. The summed E-state index contributed by atoms with van der Waals surface area (Å²) in [5, 5.41) is 3.38. The third-order valence-corrected chi connectivity index (χ3v) is 2.34. The molecule has 0 saturated carbocycles. The number of nitrogens with one attached hydrogen (secondary N) is 1. The van der Waals surface area contributed by atoms with Crippen LogP contribution >= 0.6 is 0 Å². The lowest BCUT2D eigenvalue weighted by molar-refractivity contribution is 0.954. The normalized spacial score (nSPS) is 21.2. The minimum Gasteiger partial charge on any atom is -0.383 e. The Morgan fingerprint density at radius 1 is 1.38 bits per heavy atom. The maximum absolute atomic E-state index is 4.32. The second-order valence-electron chi connectivity index (χ2n) is 3.36. The van der Waals surface area contributed by atoms with Crippen LogP contribution in [-0.2, 0) is 0 Å². The summed E-state index contributed by atoms with van der Waals surface area (Å²) in [5.41, 5.74) is 2.59. The third-order valence-electron chi connectivity index (χ3n) is 2.34. The van der Waals surface area contributed by atoms with Gasteiger partial charge in [0.25, 0.3) is 0 Å². The molecule has 13 heavy (non-hydrogen) atoms. The molecule has 0 aromatic heterocycles. The molecule has 2 rings (SSSR count). The molecule has 1 aromatic carbocycles. The first-order chi connectivity index (χ1) is 6.38. The molecule has 0 fully saturated rings. The number of aliphatic imine (C=N–C) groups is 1. The van der Waals surface area contributed by atoms with Gasteiger partial charge in [0.2, 0.25) is 0 Å². The average Bonchev–Trinajstić information content (AvgIpc) is 2.14. The molecule has 0 radical (unpaired) electrons. The van der Waals surface area contributed by atoms with Crippen molar-refractivity contribution in [2.75, 3.05) is 18.4 Å². The number of hydrogen-bond acceptors (Lipinski definition) is 2. The fourth-order valence-corrected chi connectivity index (χ4v) is 1.62. The van der Waals surface area contributed by atoms with Gasteiger partial charge in [-0.3, -0.25) is 4.99 Å². The fraction of sp³-hybridized carbons (Fsp3) is 0.364. The van der Waals surface area contributed by atoms with E-state index in [2.05, 4.69) is 41.5 Å². The van der Waals surface area contributed by atoms with E-state index in [1.807, 2.05) is 6.21 Å². The van der Waals surface area contributed by atoms with E-state index in [1.54, 1.807) is 0 Å². The maximum Gasteiger partial charge on any atom is 0.0558 e. The molecule has 0 amide bonds. The Balaban J connectivity index is 2.40. The molecule has 1 heterocycles. The highest BCUT2D eigenvalue weighted by Gasteiger charge is 2.08. The molecule has 0 saturated heterocycles. The second-order valence-corrected chi connectivity index (χ2v) is 3.36. The monoisotopic (exact) mass is 174 g/mol. The number of nitrogens with zero attached hydrogens (tertiary/aromatic N) is 1. The van der Waals surface area contributed by atoms with E-state index in [4.69, 9.17) is 0 Å². The number of para-hydroxylation sites is 1. The number of fused-ring (bicyclic) bond motifs is 1. The molecule has 0 aliphatic carbocycles. The quantitative estimate of drug-likeness (QED) is 0.641. The summed E-state index contributed by atoms with van der Waals surface area (Å²) in [5.74, 6) is 0.420. The molecule has 1 unspecified atom stereocenters. The van der Waals surface area contributed by atoms with Crippen LogP contribution in [0, 0.1) is 0 Å². The highest BCUT2D eigenvalue weighted by Crippen LogP contribution is 2.23. The lowest BCUT2D eigenvalue weighted by atomic mass is 10.00. The van der Waals surface area contributed by atoms with Crippen molar-refractivity contribution in [1.29, 1.82) is 0 Å². The molecule has 2 nitrogen and oxygen atoms in total. The van der Waals surface area contributed by atoms with Gasteiger partial charge in [0.05, 0.1) is 6.54 Å². The Bertz CT molecular complexity index is 318. The second kappa shape index (κ2) is 3.60. The molecular weight excluding hydrogens is 160 g/mol. The van der Waals surface area contributed by atoms with E-state index in [0.29, 0.717) is 5.92 Å². The van der Waals surface area contributed by atoms with Crippen LogP contribution in [0.3, 0.4) is 0 Å². The van der Waals surface area contributed by atoms with Gasteiger partial charge >= 0.3 is 0 Å². The van der Waals surface area contributed by atoms with Gasteiger partial charge in [-0.25, -0.2) is 0 Å². The third kappa shape index (κ3) is 1.72. The van der Waals surface area contributed by atoms with E-state index in [-0.39, 0.29) is 0 Å². The minimum atomic E-state index is 0.420. The van der Waals surface area contributed by atoms with Crippen molar-refractivity contribution < 1.29 is 0 Å². The van der Waals surface area contributed by atoms with Crippen LogP contribution in [0.2, 0.25) is 0 Å². The van der Waals surface area contributed by atoms with Gasteiger partial charge in [0, 0.05) is 24.4 Å². The van der Waals surface area contributed by atoms with Crippen molar-refractivity contribution in [2.24, 2.45) is 4.99 Å². The fourth-order valence-electron chi connectivity index (χ4n) is 1.62. The molecule has 1 aliphatic heterocycles. The molecule has 0 spiro atoms. The predicted octanol–water partition coefficient (Wildman–Crippen LogP) is 2.29. The smallest absolute Gasteiger partial charge is 0.0558 e. The number of anilines is 1. The first-order valence-electron chi connectivity index (χ1n) is 4.70. The van der Waals surface area contributed by atoms with Gasteiger partial charge in [0.1, 0.15) is 0 Å². The molecule has 2 heteroatoms. The predicted molar refractivity (Wildman–Crippen MR) is 56.7 cm³/mol. The van der Waals surface area contributed by atoms with E-state index in [1.165, 1.54) is 11.3 Å². The first kappa shape index (κ1) is 8.30. The molecule has 1 aromatic rings. The van der Waals surface area contributed by atoms with Gasteiger partial charge in [0.15, 0.2) is 0 Å².